The third-order valence-corrected chi connectivity index (χ3v) is 15.6. The summed E-state index contributed by atoms with van der Waals surface area (Å²) in [6.07, 6.45) is 12.0. The number of nitrogens with zero attached hydrogens (tertiary/aromatic N) is 3. The number of likely N-dealkylation sites (tertiary alicyclic amines) is 1. The van der Waals surface area contributed by atoms with E-state index in [9.17, 15) is 29.1 Å². The van der Waals surface area contributed by atoms with Crippen molar-refractivity contribution in [1.29, 1.82) is 0 Å². The van der Waals surface area contributed by atoms with Gasteiger partial charge in [-0.25, -0.2) is 4.99 Å². The number of carbonyl (C=O) groups excluding carboxylic acids is 5. The molecule has 12 heteroatoms. The van der Waals surface area contributed by atoms with E-state index in [1.54, 1.807) is 0 Å². The van der Waals surface area contributed by atoms with Gasteiger partial charge in [0.25, 0.3) is 0 Å². The Morgan fingerprint density at radius 1 is 0.721 bits per heavy atom. The van der Waals surface area contributed by atoms with Crippen molar-refractivity contribution < 1.29 is 29.1 Å². The van der Waals surface area contributed by atoms with Gasteiger partial charge in [-0.3, -0.25) is 24.0 Å². The normalized spacial score (nSPS) is 21.9. The predicted octanol–water partition coefficient (Wildman–Crippen LogP) is 10.8. The fourth-order valence-corrected chi connectivity index (χ4v) is 10.6. The van der Waals surface area contributed by atoms with Crippen molar-refractivity contribution in [2.45, 2.75) is 204 Å². The van der Waals surface area contributed by atoms with Crippen LogP contribution in [0.3, 0.4) is 0 Å². The van der Waals surface area contributed by atoms with Crippen LogP contribution in [0.2, 0.25) is 0 Å². The first-order chi connectivity index (χ1) is 32.0. The molecule has 2 aliphatic heterocycles. The zero-order valence-corrected chi connectivity index (χ0v) is 44.0. The van der Waals surface area contributed by atoms with Crippen molar-refractivity contribution in [2.75, 3.05) is 23.3 Å². The lowest BCUT2D eigenvalue weighted by molar-refractivity contribution is -0.125. The van der Waals surface area contributed by atoms with E-state index in [2.05, 4.69) is 128 Å². The maximum atomic E-state index is 14.9. The van der Waals surface area contributed by atoms with Gasteiger partial charge in [0, 0.05) is 96.3 Å². The zero-order chi connectivity index (χ0) is 50.4. The Hall–Kier alpha value is -5.00. The van der Waals surface area contributed by atoms with Crippen LogP contribution in [0.4, 0.5) is 11.4 Å². The van der Waals surface area contributed by atoms with E-state index < -0.39 is 11.7 Å². The van der Waals surface area contributed by atoms with Gasteiger partial charge in [0.1, 0.15) is 5.76 Å². The van der Waals surface area contributed by atoms with E-state index >= 15 is 0 Å². The third-order valence-electron chi connectivity index (χ3n) is 15.6. The Kier molecular flexibility index (Phi) is 17.9. The van der Waals surface area contributed by atoms with Crippen LogP contribution in [0.15, 0.2) is 57.5 Å². The van der Waals surface area contributed by atoms with Gasteiger partial charge in [0.15, 0.2) is 0 Å². The summed E-state index contributed by atoms with van der Waals surface area (Å²) in [5, 5.41) is 21.3. The number of aliphatic hydroxyl groups is 1. The molecule has 374 valence electrons. The molecule has 1 fully saturated rings. The monoisotopic (exact) mass is 937 g/mol. The molecule has 68 heavy (non-hydrogen) atoms. The second kappa shape index (κ2) is 22.6. The summed E-state index contributed by atoms with van der Waals surface area (Å²) in [6, 6.07) is 4.24. The highest BCUT2D eigenvalue weighted by molar-refractivity contribution is 6.42. The largest absolute Gasteiger partial charge is 0.506 e. The summed E-state index contributed by atoms with van der Waals surface area (Å²) in [7, 11) is 0. The summed E-state index contributed by atoms with van der Waals surface area (Å²) >= 11 is 0. The molecule has 0 aromatic heterocycles. The lowest BCUT2D eigenvalue weighted by Gasteiger charge is -2.34. The number of ketones is 1. The lowest BCUT2D eigenvalue weighted by Crippen LogP contribution is -2.42. The van der Waals surface area contributed by atoms with Gasteiger partial charge in [-0.2, -0.15) is 0 Å². The van der Waals surface area contributed by atoms with Crippen molar-refractivity contribution in [2.24, 2.45) is 22.2 Å². The van der Waals surface area contributed by atoms with Gasteiger partial charge < -0.3 is 30.9 Å². The number of rotatable bonds is 22. The van der Waals surface area contributed by atoms with E-state index in [1.165, 1.54) is 0 Å². The van der Waals surface area contributed by atoms with E-state index in [1.807, 2.05) is 24.3 Å². The number of hydrogen-bond acceptors (Lipinski definition) is 8. The van der Waals surface area contributed by atoms with Crippen LogP contribution in [-0.4, -0.2) is 82.4 Å². The molecular formula is C56H84N6O6. The minimum absolute atomic E-state index is 0.0128. The summed E-state index contributed by atoms with van der Waals surface area (Å²) < 4.78 is 0. The van der Waals surface area contributed by atoms with Crippen LogP contribution in [-0.2, 0) is 29.4 Å². The van der Waals surface area contributed by atoms with Crippen LogP contribution < -0.4 is 20.9 Å². The van der Waals surface area contributed by atoms with Gasteiger partial charge in [0.05, 0.1) is 22.5 Å². The number of carbonyl (C=O) groups is 5. The first kappa shape index (κ1) is 53.9. The fraction of sp³-hybridized carbons (Fsp3) is 0.643. The predicted molar refractivity (Wildman–Crippen MR) is 277 cm³/mol. The first-order valence-electron chi connectivity index (χ1n) is 25.9. The number of benzene rings is 1. The number of anilines is 2. The van der Waals surface area contributed by atoms with Crippen molar-refractivity contribution in [3.05, 3.63) is 63.6 Å². The number of hydrogen-bond donors (Lipinski definition) is 4. The van der Waals surface area contributed by atoms with Crippen molar-refractivity contribution >= 4 is 52.1 Å². The Morgan fingerprint density at radius 3 is 1.76 bits per heavy atom. The number of aliphatic imine (C=N–C) groups is 1. The van der Waals surface area contributed by atoms with Crippen LogP contribution in [0.5, 0.6) is 0 Å². The van der Waals surface area contributed by atoms with Gasteiger partial charge >= 0.3 is 0 Å². The van der Waals surface area contributed by atoms with Gasteiger partial charge in [-0.1, -0.05) is 93.9 Å². The summed E-state index contributed by atoms with van der Waals surface area (Å²) in [6.45, 7) is 31.2. The van der Waals surface area contributed by atoms with Crippen LogP contribution in [0.25, 0.3) is 5.57 Å². The van der Waals surface area contributed by atoms with Crippen molar-refractivity contribution in [3.63, 3.8) is 0 Å². The molecule has 4 amide bonds. The molecule has 1 aromatic carbocycles. The molecule has 0 radical (unpaired) electrons. The molecule has 0 spiro atoms. The fourth-order valence-electron chi connectivity index (χ4n) is 10.6. The van der Waals surface area contributed by atoms with E-state index in [4.69, 9.17) is 0 Å². The molecule has 0 bridgehead atoms. The number of fused-ring (bicyclic) bond motifs is 2. The highest BCUT2D eigenvalue weighted by atomic mass is 16.3. The minimum Gasteiger partial charge on any atom is -0.506 e. The molecule has 4 atom stereocenters. The van der Waals surface area contributed by atoms with Crippen molar-refractivity contribution in [1.82, 2.24) is 15.5 Å². The molecule has 0 saturated carbocycles. The average Bonchev–Trinajstić information content (AvgIpc) is 3.60. The third kappa shape index (κ3) is 11.4. The van der Waals surface area contributed by atoms with Gasteiger partial charge in [-0.05, 0) is 102 Å². The molecule has 4 aliphatic rings. The summed E-state index contributed by atoms with van der Waals surface area (Å²) in [5.74, 6) is -1.17. The molecule has 4 N–H and O–H groups in total. The number of nitrogens with one attached hydrogen (secondary N) is 3. The van der Waals surface area contributed by atoms with E-state index in [0.29, 0.717) is 41.7 Å². The topological polar surface area (TPSA) is 161 Å². The van der Waals surface area contributed by atoms with E-state index in [0.717, 1.165) is 73.9 Å². The Labute approximate surface area is 408 Å². The smallest absolute Gasteiger partial charge is 0.246 e. The van der Waals surface area contributed by atoms with Crippen LogP contribution >= 0.6 is 0 Å². The highest BCUT2D eigenvalue weighted by Crippen LogP contribution is 2.53. The van der Waals surface area contributed by atoms with Crippen LogP contribution in [0, 0.1) is 17.3 Å². The number of amides is 4. The maximum Gasteiger partial charge on any atom is 0.246 e. The standard InChI is InChI=1S/C56H84N6O6/c1-15-19-21-37(17-3)31-57-47(63)23-25-49(65)59-43-29-45-41(55(11,12)35(9)61(45)33(5)6)27-39(43)51-53(67)52(54(51)68)40-28-42-46(62(34(7)8)36(10)56(42,13)14)30-44(40)60-50(66)26-24-48(64)58-32-38(18-4)22-20-16-2/h27-30,33-38,67H,15-26,31-32H2,1-14H3,(H,57,63)(H,58,64)(H,59,65)/b52-40-,60-44?. The highest BCUT2D eigenvalue weighted by Gasteiger charge is 2.49. The quantitative estimate of drug-likeness (QED) is 0.0836. The van der Waals surface area contributed by atoms with Crippen LogP contribution in [0.1, 0.15) is 185 Å². The second-order valence-corrected chi connectivity index (χ2v) is 21.5. The van der Waals surface area contributed by atoms with E-state index in [-0.39, 0.29) is 101 Å². The molecule has 1 aromatic rings. The number of unbranched alkanes of at least 4 members (excludes halogenated alkanes) is 2. The number of aliphatic hydroxyl groups excluding tert-OH is 1. The summed E-state index contributed by atoms with van der Waals surface area (Å²) in [5.41, 5.74) is 4.56. The number of allylic oxidation sites excluding steroid dienone is 6. The maximum absolute atomic E-state index is 14.9. The number of Topliss-reactive ketones (excluding diaryl/α,β-unsaturated/α-hetero) is 1. The molecule has 2 heterocycles. The second-order valence-electron chi connectivity index (χ2n) is 21.5. The minimum atomic E-state index is -0.498. The lowest BCUT2D eigenvalue weighted by atomic mass is 9.73. The Bertz CT molecular complexity index is 2260. The molecule has 12 nitrogen and oxygen atoms in total. The van der Waals surface area contributed by atoms with Gasteiger partial charge in [-0.15, -0.1) is 0 Å². The Morgan fingerprint density at radius 2 is 1.25 bits per heavy atom. The first-order valence-corrected chi connectivity index (χ1v) is 25.9. The molecule has 5 rings (SSSR count). The van der Waals surface area contributed by atoms with Crippen molar-refractivity contribution in [3.8, 4) is 0 Å². The van der Waals surface area contributed by atoms with Gasteiger partial charge in [0.2, 0.25) is 29.4 Å². The SMILES string of the molecule is CCCCC(CC)CNC(=O)CCC(=O)N=C1C=C2C(=C/C1=C1/C(=O)C(c3cc4c(cc3NC(=O)CCC(=O)NCC(CC)CCCC)N(C(C)C)C(C)C4(C)C)=C1O)C(C)(C)C(C)N2C(C)C. The molecule has 2 aliphatic carbocycles. The molecular weight excluding hydrogens is 853 g/mol. The average molecular weight is 937 g/mol. The molecule has 1 saturated heterocycles. The summed E-state index contributed by atoms with van der Waals surface area (Å²) in [4.78, 5) is 77.5. The zero-order valence-electron chi connectivity index (χ0n) is 44.0. The molecule has 4 unspecified atom stereocenters. The Balaban J connectivity index is 1.54.